The molecule has 7 heteroatoms. The van der Waals surface area contributed by atoms with E-state index in [0.29, 0.717) is 32.5 Å². The average Bonchev–Trinajstić information content (AvgIpc) is 2.90. The highest BCUT2D eigenvalue weighted by Crippen LogP contribution is 2.33. The van der Waals surface area contributed by atoms with Crippen LogP contribution in [0.1, 0.15) is 31.1 Å². The summed E-state index contributed by atoms with van der Waals surface area (Å²) in [6.07, 6.45) is 1.92. The molecule has 21 heavy (non-hydrogen) atoms. The fraction of sp³-hybridized carbons (Fsp3) is 0.571. The topological polar surface area (TPSA) is 69.6 Å². The van der Waals surface area contributed by atoms with Crippen LogP contribution in [0.15, 0.2) is 15.9 Å². The van der Waals surface area contributed by atoms with Gasteiger partial charge < -0.3 is 15.3 Å². The Bertz CT molecular complexity index is 534. The van der Waals surface area contributed by atoms with Crippen LogP contribution >= 0.6 is 27.3 Å². The van der Waals surface area contributed by atoms with Crippen molar-refractivity contribution in [3.63, 3.8) is 0 Å². The van der Waals surface area contributed by atoms with Crippen molar-refractivity contribution in [2.45, 2.75) is 32.7 Å². The van der Waals surface area contributed by atoms with E-state index in [4.69, 9.17) is 0 Å². The number of halogens is 1. The third-order valence-electron chi connectivity index (χ3n) is 4.04. The van der Waals surface area contributed by atoms with Crippen molar-refractivity contribution in [2.24, 2.45) is 5.41 Å². The monoisotopic (exact) mass is 374 g/mol. The molecule has 0 spiro atoms. The standard InChI is InChI=1S/C14H19BrN2O3S/c1-2-14(12(18)19)6-3-7-17(9-14)13(20)16-8-10-4-5-11(15)21-10/h4-5H,2-3,6-9H2,1H3,(H,16,20)(H,18,19). The number of hydrogen-bond donors (Lipinski definition) is 2. The van der Waals surface area contributed by atoms with Crippen molar-refractivity contribution in [1.82, 2.24) is 10.2 Å². The van der Waals surface area contributed by atoms with Gasteiger partial charge in [0.25, 0.3) is 0 Å². The summed E-state index contributed by atoms with van der Waals surface area (Å²) in [5, 5.41) is 12.3. The summed E-state index contributed by atoms with van der Waals surface area (Å²) in [7, 11) is 0. The van der Waals surface area contributed by atoms with E-state index in [1.54, 1.807) is 16.2 Å². The zero-order valence-electron chi connectivity index (χ0n) is 11.9. The molecule has 1 fully saturated rings. The molecule has 1 saturated heterocycles. The number of carbonyl (C=O) groups excluding carboxylic acids is 1. The van der Waals surface area contributed by atoms with Gasteiger partial charge in [0.15, 0.2) is 0 Å². The summed E-state index contributed by atoms with van der Waals surface area (Å²) in [6.45, 7) is 3.25. The number of nitrogens with zero attached hydrogens (tertiary/aromatic N) is 1. The summed E-state index contributed by atoms with van der Waals surface area (Å²) < 4.78 is 1.03. The number of carboxylic acids is 1. The fourth-order valence-corrected chi connectivity index (χ4v) is 4.06. The van der Waals surface area contributed by atoms with Gasteiger partial charge in [0.2, 0.25) is 0 Å². The number of aliphatic carboxylic acids is 1. The molecule has 0 radical (unpaired) electrons. The zero-order chi connectivity index (χ0) is 15.5. The van der Waals surface area contributed by atoms with Gasteiger partial charge in [-0.3, -0.25) is 4.79 Å². The minimum absolute atomic E-state index is 0.182. The van der Waals surface area contributed by atoms with Crippen LogP contribution in [0.5, 0.6) is 0 Å². The number of rotatable bonds is 4. The van der Waals surface area contributed by atoms with E-state index in [2.05, 4.69) is 21.2 Å². The molecule has 2 N–H and O–H groups in total. The van der Waals surface area contributed by atoms with Gasteiger partial charge in [-0.25, -0.2) is 4.79 Å². The minimum atomic E-state index is -0.801. The lowest BCUT2D eigenvalue weighted by atomic mass is 9.78. The lowest BCUT2D eigenvalue weighted by Gasteiger charge is -2.39. The first-order chi connectivity index (χ1) is 9.97. The van der Waals surface area contributed by atoms with Crippen molar-refractivity contribution < 1.29 is 14.7 Å². The predicted molar refractivity (Wildman–Crippen MR) is 85.4 cm³/mol. The number of amides is 2. The van der Waals surface area contributed by atoms with Crippen molar-refractivity contribution in [3.05, 3.63) is 20.8 Å². The number of carbonyl (C=O) groups is 2. The highest BCUT2D eigenvalue weighted by molar-refractivity contribution is 9.11. The van der Waals surface area contributed by atoms with Crippen LogP contribution in [-0.2, 0) is 11.3 Å². The second-order valence-corrected chi connectivity index (χ2v) is 7.88. The number of likely N-dealkylation sites (tertiary alicyclic amines) is 1. The molecule has 0 aromatic carbocycles. The van der Waals surface area contributed by atoms with Crippen molar-refractivity contribution in [2.75, 3.05) is 13.1 Å². The van der Waals surface area contributed by atoms with Gasteiger partial charge >= 0.3 is 12.0 Å². The summed E-state index contributed by atoms with van der Waals surface area (Å²) in [5.41, 5.74) is -0.790. The van der Waals surface area contributed by atoms with Crippen LogP contribution in [0.2, 0.25) is 0 Å². The third-order valence-corrected chi connectivity index (χ3v) is 5.66. The Morgan fingerprint density at radius 2 is 2.29 bits per heavy atom. The molecular weight excluding hydrogens is 356 g/mol. The van der Waals surface area contributed by atoms with Crippen LogP contribution in [0.4, 0.5) is 4.79 Å². The van der Waals surface area contributed by atoms with E-state index in [1.165, 1.54) is 0 Å². The Morgan fingerprint density at radius 1 is 1.52 bits per heavy atom. The first-order valence-electron chi connectivity index (χ1n) is 6.97. The van der Waals surface area contributed by atoms with Crippen molar-refractivity contribution >= 4 is 39.3 Å². The van der Waals surface area contributed by atoms with Gasteiger partial charge in [0.1, 0.15) is 0 Å². The number of nitrogens with one attached hydrogen (secondary N) is 1. The molecule has 1 atom stereocenters. The van der Waals surface area contributed by atoms with Gasteiger partial charge in [-0.05, 0) is 47.3 Å². The van der Waals surface area contributed by atoms with E-state index in [-0.39, 0.29) is 6.03 Å². The van der Waals surface area contributed by atoms with Gasteiger partial charge in [-0.2, -0.15) is 0 Å². The quantitative estimate of drug-likeness (QED) is 0.849. The number of thiophene rings is 1. The Balaban J connectivity index is 1.94. The lowest BCUT2D eigenvalue weighted by molar-refractivity contribution is -0.152. The van der Waals surface area contributed by atoms with Crippen molar-refractivity contribution in [3.8, 4) is 0 Å². The summed E-state index contributed by atoms with van der Waals surface area (Å²) in [4.78, 5) is 26.4. The molecule has 0 bridgehead atoms. The normalized spacial score (nSPS) is 22.1. The molecule has 0 aliphatic carbocycles. The lowest BCUT2D eigenvalue weighted by Crippen LogP contribution is -2.52. The van der Waals surface area contributed by atoms with Gasteiger partial charge in [-0.1, -0.05) is 6.92 Å². The average molecular weight is 375 g/mol. The first kappa shape index (κ1) is 16.3. The maximum Gasteiger partial charge on any atom is 0.317 e. The number of urea groups is 1. The molecule has 116 valence electrons. The molecule has 1 aromatic heterocycles. The molecule has 1 aliphatic rings. The van der Waals surface area contributed by atoms with Crippen LogP contribution in [0, 0.1) is 5.41 Å². The highest BCUT2D eigenvalue weighted by Gasteiger charge is 2.42. The fourth-order valence-electron chi connectivity index (χ4n) is 2.64. The van der Waals surface area contributed by atoms with Crippen LogP contribution < -0.4 is 5.32 Å². The largest absolute Gasteiger partial charge is 0.481 e. The Labute approximate surface area is 136 Å². The van der Waals surface area contributed by atoms with Gasteiger partial charge in [0.05, 0.1) is 15.7 Å². The van der Waals surface area contributed by atoms with Crippen LogP contribution in [0.25, 0.3) is 0 Å². The highest BCUT2D eigenvalue weighted by atomic mass is 79.9. The van der Waals surface area contributed by atoms with E-state index >= 15 is 0 Å². The molecular formula is C14H19BrN2O3S. The molecule has 1 unspecified atom stereocenters. The minimum Gasteiger partial charge on any atom is -0.481 e. The van der Waals surface area contributed by atoms with E-state index in [1.807, 2.05) is 19.1 Å². The zero-order valence-corrected chi connectivity index (χ0v) is 14.3. The number of carboxylic acid groups (broad SMARTS) is 1. The Kier molecular flexibility index (Phi) is 5.27. The third kappa shape index (κ3) is 3.77. The Morgan fingerprint density at radius 3 is 2.86 bits per heavy atom. The summed E-state index contributed by atoms with van der Waals surface area (Å²) in [6, 6.07) is 3.72. The molecule has 1 aliphatic heterocycles. The van der Waals surface area contributed by atoms with Crippen LogP contribution in [-0.4, -0.2) is 35.1 Å². The number of hydrogen-bond acceptors (Lipinski definition) is 3. The predicted octanol–water partition coefficient (Wildman–Crippen LogP) is 3.30. The maximum absolute atomic E-state index is 12.2. The van der Waals surface area contributed by atoms with E-state index in [9.17, 15) is 14.7 Å². The molecule has 2 heterocycles. The molecule has 2 amide bonds. The summed E-state index contributed by atoms with van der Waals surface area (Å²) in [5.74, 6) is -0.801. The Hall–Kier alpha value is -1.08. The maximum atomic E-state index is 12.2. The van der Waals surface area contributed by atoms with E-state index in [0.717, 1.165) is 15.1 Å². The SMILES string of the molecule is CCC1(C(=O)O)CCCN(C(=O)NCc2ccc(Br)s2)C1. The second kappa shape index (κ2) is 6.79. The second-order valence-electron chi connectivity index (χ2n) is 5.33. The van der Waals surface area contributed by atoms with Crippen LogP contribution in [0.3, 0.4) is 0 Å². The first-order valence-corrected chi connectivity index (χ1v) is 8.58. The van der Waals surface area contributed by atoms with Crippen molar-refractivity contribution in [1.29, 1.82) is 0 Å². The van der Waals surface area contributed by atoms with E-state index < -0.39 is 11.4 Å². The van der Waals surface area contributed by atoms with Gasteiger partial charge in [-0.15, -0.1) is 11.3 Å². The molecule has 0 saturated carbocycles. The number of piperidine rings is 1. The molecule has 2 rings (SSSR count). The molecule has 5 nitrogen and oxygen atoms in total. The smallest absolute Gasteiger partial charge is 0.317 e. The van der Waals surface area contributed by atoms with Gasteiger partial charge in [0, 0.05) is 18.0 Å². The summed E-state index contributed by atoms with van der Waals surface area (Å²) >= 11 is 4.96. The molecule has 1 aromatic rings.